The molecule has 0 radical (unpaired) electrons. The third-order valence-electron chi connectivity index (χ3n) is 2.18. The highest BCUT2D eigenvalue weighted by atomic mass is 19.1. The standard InChI is InChI=1S/C10H8F2N4O/c11-7-3-6(10(13)15-17)4-8(12)9(7)16-2-1-14-5-16/h1-5,17H,(H2,13,15). The summed E-state index contributed by atoms with van der Waals surface area (Å²) in [5, 5.41) is 11.1. The van der Waals surface area contributed by atoms with Gasteiger partial charge in [-0.1, -0.05) is 5.16 Å². The number of hydrogen-bond acceptors (Lipinski definition) is 3. The predicted octanol–water partition coefficient (Wildman–Crippen LogP) is 1.24. The second-order valence-electron chi connectivity index (χ2n) is 3.24. The number of oxime groups is 1. The molecule has 0 saturated carbocycles. The third-order valence-corrected chi connectivity index (χ3v) is 2.18. The van der Waals surface area contributed by atoms with E-state index in [9.17, 15) is 8.78 Å². The summed E-state index contributed by atoms with van der Waals surface area (Å²) in [5.41, 5.74) is 4.95. The highest BCUT2D eigenvalue weighted by Crippen LogP contribution is 2.19. The molecule has 0 atom stereocenters. The van der Waals surface area contributed by atoms with Gasteiger partial charge in [0.25, 0.3) is 0 Å². The Morgan fingerprint density at radius 1 is 1.35 bits per heavy atom. The van der Waals surface area contributed by atoms with Gasteiger partial charge in [-0.2, -0.15) is 0 Å². The maximum absolute atomic E-state index is 13.7. The van der Waals surface area contributed by atoms with Crippen molar-refractivity contribution in [2.45, 2.75) is 0 Å². The highest BCUT2D eigenvalue weighted by Gasteiger charge is 2.14. The molecule has 3 N–H and O–H groups in total. The highest BCUT2D eigenvalue weighted by molar-refractivity contribution is 5.97. The minimum absolute atomic E-state index is 0.0358. The summed E-state index contributed by atoms with van der Waals surface area (Å²) >= 11 is 0. The van der Waals surface area contributed by atoms with Gasteiger partial charge in [0, 0.05) is 18.0 Å². The van der Waals surface area contributed by atoms with E-state index in [4.69, 9.17) is 10.9 Å². The summed E-state index contributed by atoms with van der Waals surface area (Å²) in [6, 6.07) is 1.96. The number of rotatable bonds is 2. The molecule has 17 heavy (non-hydrogen) atoms. The average molecular weight is 238 g/mol. The van der Waals surface area contributed by atoms with Gasteiger partial charge in [0.1, 0.15) is 5.69 Å². The lowest BCUT2D eigenvalue weighted by atomic mass is 10.1. The summed E-state index contributed by atoms with van der Waals surface area (Å²) < 4.78 is 28.6. The van der Waals surface area contributed by atoms with E-state index in [0.717, 1.165) is 12.1 Å². The molecule has 0 bridgehead atoms. The van der Waals surface area contributed by atoms with E-state index < -0.39 is 11.6 Å². The number of amidine groups is 1. The number of halogens is 2. The van der Waals surface area contributed by atoms with Crippen molar-refractivity contribution in [1.29, 1.82) is 0 Å². The Hall–Kier alpha value is -2.44. The quantitative estimate of drug-likeness (QED) is 0.357. The van der Waals surface area contributed by atoms with Crippen LogP contribution in [0.4, 0.5) is 8.78 Å². The zero-order chi connectivity index (χ0) is 12.4. The summed E-state index contributed by atoms with van der Waals surface area (Å²) in [6.45, 7) is 0. The van der Waals surface area contributed by atoms with Crippen molar-refractivity contribution in [3.05, 3.63) is 48.1 Å². The molecule has 7 heteroatoms. The molecule has 88 valence electrons. The van der Waals surface area contributed by atoms with E-state index in [1.54, 1.807) is 0 Å². The lowest BCUT2D eigenvalue weighted by molar-refractivity contribution is 0.318. The van der Waals surface area contributed by atoms with Crippen molar-refractivity contribution in [3.8, 4) is 5.69 Å². The van der Waals surface area contributed by atoms with E-state index in [0.29, 0.717) is 0 Å². The molecule has 2 aromatic rings. The van der Waals surface area contributed by atoms with Gasteiger partial charge in [-0.25, -0.2) is 13.8 Å². The lowest BCUT2D eigenvalue weighted by Crippen LogP contribution is -2.14. The Bertz CT molecular complexity index is 543. The van der Waals surface area contributed by atoms with Crippen LogP contribution in [0.15, 0.2) is 36.0 Å². The third kappa shape index (κ3) is 1.94. The molecule has 0 fully saturated rings. The fourth-order valence-corrected chi connectivity index (χ4v) is 1.41. The molecule has 0 aliphatic heterocycles. The minimum atomic E-state index is -0.829. The van der Waals surface area contributed by atoms with Crippen LogP contribution in [-0.2, 0) is 0 Å². The molecule has 5 nitrogen and oxygen atoms in total. The minimum Gasteiger partial charge on any atom is -0.409 e. The Morgan fingerprint density at radius 3 is 2.47 bits per heavy atom. The molecule has 0 amide bonds. The number of aromatic nitrogens is 2. The van der Waals surface area contributed by atoms with Crippen molar-refractivity contribution in [2.75, 3.05) is 0 Å². The van der Waals surface area contributed by atoms with Gasteiger partial charge in [0.2, 0.25) is 0 Å². The van der Waals surface area contributed by atoms with Crippen LogP contribution in [0.5, 0.6) is 0 Å². The van der Waals surface area contributed by atoms with Crippen LogP contribution in [-0.4, -0.2) is 20.6 Å². The molecule has 0 aliphatic carbocycles. The molecule has 0 spiro atoms. The summed E-state index contributed by atoms with van der Waals surface area (Å²) in [7, 11) is 0. The maximum Gasteiger partial charge on any atom is 0.170 e. The topological polar surface area (TPSA) is 76.4 Å². The predicted molar refractivity (Wildman–Crippen MR) is 56.0 cm³/mol. The fraction of sp³-hybridized carbons (Fsp3) is 0. The van der Waals surface area contributed by atoms with E-state index in [2.05, 4.69) is 10.1 Å². The van der Waals surface area contributed by atoms with Gasteiger partial charge in [0.05, 0.1) is 6.33 Å². The molecule has 1 aromatic heterocycles. The molecular weight excluding hydrogens is 230 g/mol. The number of nitrogens with zero attached hydrogens (tertiary/aromatic N) is 3. The monoisotopic (exact) mass is 238 g/mol. The Balaban J connectivity index is 2.58. The normalized spacial score (nSPS) is 11.8. The van der Waals surface area contributed by atoms with Gasteiger partial charge >= 0.3 is 0 Å². The van der Waals surface area contributed by atoms with Gasteiger partial charge in [-0.3, -0.25) is 0 Å². The van der Waals surface area contributed by atoms with Gasteiger partial charge in [0.15, 0.2) is 17.5 Å². The van der Waals surface area contributed by atoms with Crippen LogP contribution >= 0.6 is 0 Å². The molecule has 1 aromatic carbocycles. The second-order valence-corrected chi connectivity index (χ2v) is 3.24. The van der Waals surface area contributed by atoms with E-state index >= 15 is 0 Å². The zero-order valence-corrected chi connectivity index (χ0v) is 8.51. The molecule has 0 unspecified atom stereocenters. The molecule has 1 heterocycles. The van der Waals surface area contributed by atoms with Crippen molar-refractivity contribution in [2.24, 2.45) is 10.9 Å². The van der Waals surface area contributed by atoms with Crippen molar-refractivity contribution in [3.63, 3.8) is 0 Å². The van der Waals surface area contributed by atoms with Crippen LogP contribution < -0.4 is 5.73 Å². The van der Waals surface area contributed by atoms with Crippen LogP contribution in [0.25, 0.3) is 5.69 Å². The van der Waals surface area contributed by atoms with Crippen molar-refractivity contribution >= 4 is 5.84 Å². The number of nitrogens with two attached hydrogens (primary N) is 1. The van der Waals surface area contributed by atoms with Crippen LogP contribution in [0.2, 0.25) is 0 Å². The SMILES string of the molecule is N/C(=N/O)c1cc(F)c(-n2ccnc2)c(F)c1. The Kier molecular flexibility index (Phi) is 2.73. The van der Waals surface area contributed by atoms with Crippen molar-refractivity contribution in [1.82, 2.24) is 9.55 Å². The van der Waals surface area contributed by atoms with Crippen LogP contribution in [0, 0.1) is 11.6 Å². The Morgan fingerprint density at radius 2 is 2.00 bits per heavy atom. The van der Waals surface area contributed by atoms with Gasteiger partial charge in [-0.05, 0) is 12.1 Å². The number of imidazole rings is 1. The first-order valence-corrected chi connectivity index (χ1v) is 4.58. The van der Waals surface area contributed by atoms with Crippen LogP contribution in [0.3, 0.4) is 0 Å². The van der Waals surface area contributed by atoms with E-state index in [-0.39, 0.29) is 17.1 Å². The molecule has 0 saturated heterocycles. The van der Waals surface area contributed by atoms with Crippen molar-refractivity contribution < 1.29 is 14.0 Å². The fourth-order valence-electron chi connectivity index (χ4n) is 1.41. The van der Waals surface area contributed by atoms with Crippen LogP contribution in [0.1, 0.15) is 5.56 Å². The van der Waals surface area contributed by atoms with E-state index in [1.165, 1.54) is 23.3 Å². The first kappa shape index (κ1) is 11.1. The molecular formula is C10H8F2N4O. The van der Waals surface area contributed by atoms with E-state index in [1.807, 2.05) is 0 Å². The molecule has 0 aliphatic rings. The number of benzene rings is 1. The first-order valence-electron chi connectivity index (χ1n) is 4.58. The lowest BCUT2D eigenvalue weighted by Gasteiger charge is -2.07. The maximum atomic E-state index is 13.7. The average Bonchev–Trinajstić information content (AvgIpc) is 2.80. The largest absolute Gasteiger partial charge is 0.409 e. The Labute approximate surface area is 94.8 Å². The summed E-state index contributed by atoms with van der Waals surface area (Å²) in [4.78, 5) is 3.70. The van der Waals surface area contributed by atoms with Gasteiger partial charge < -0.3 is 15.5 Å². The first-order chi connectivity index (χ1) is 8.13. The summed E-state index contributed by atoms with van der Waals surface area (Å²) in [6.07, 6.45) is 4.08. The molecule has 2 rings (SSSR count). The number of hydrogen-bond donors (Lipinski definition) is 2. The van der Waals surface area contributed by atoms with Gasteiger partial charge in [-0.15, -0.1) is 0 Å². The second kappa shape index (κ2) is 4.20. The zero-order valence-electron chi connectivity index (χ0n) is 8.51. The summed E-state index contributed by atoms with van der Waals surface area (Å²) in [5.74, 6) is -2.02. The smallest absolute Gasteiger partial charge is 0.170 e.